The van der Waals surface area contributed by atoms with Gasteiger partial charge < -0.3 is 14.6 Å². The molecule has 2 heterocycles. The van der Waals surface area contributed by atoms with Gasteiger partial charge in [0.05, 0.1) is 6.61 Å². The number of hydrogen-bond acceptors (Lipinski definition) is 4. The Kier molecular flexibility index (Phi) is 3.76. The fourth-order valence-electron chi connectivity index (χ4n) is 2.72. The van der Waals surface area contributed by atoms with E-state index >= 15 is 0 Å². The number of halogens is 2. The molecule has 1 aromatic rings. The molecule has 1 atom stereocenters. The molecule has 112 valence electrons. The lowest BCUT2D eigenvalue weighted by Crippen LogP contribution is -2.41. The highest BCUT2D eigenvalue weighted by Gasteiger charge is 2.50. The molecule has 0 radical (unpaired) electrons. The van der Waals surface area contributed by atoms with Gasteiger partial charge in [0, 0.05) is 21.7 Å². The minimum atomic E-state index is -1.05. The van der Waals surface area contributed by atoms with Gasteiger partial charge in [-0.2, -0.15) is 0 Å². The fraction of sp³-hybridized carbons (Fsp3) is 0.400. The van der Waals surface area contributed by atoms with E-state index < -0.39 is 11.6 Å². The van der Waals surface area contributed by atoms with E-state index in [4.69, 9.17) is 21.1 Å². The monoisotopic (exact) mass is 372 g/mol. The molecular formula is C15H14BrClO4. The molecule has 1 aromatic carbocycles. The summed E-state index contributed by atoms with van der Waals surface area (Å²) in [5.74, 6) is -0.627. The number of aryl methyl sites for hydroxylation is 1. The summed E-state index contributed by atoms with van der Waals surface area (Å²) >= 11 is 9.62. The number of esters is 1. The number of benzene rings is 1. The Labute approximate surface area is 135 Å². The topological polar surface area (TPSA) is 55.8 Å². The van der Waals surface area contributed by atoms with Gasteiger partial charge in [0.1, 0.15) is 5.57 Å². The van der Waals surface area contributed by atoms with Gasteiger partial charge in [0.15, 0.2) is 11.4 Å². The first-order valence-corrected chi connectivity index (χ1v) is 7.82. The molecule has 4 nitrogen and oxygen atoms in total. The van der Waals surface area contributed by atoms with Crippen LogP contribution in [0.25, 0.3) is 5.57 Å². The third-order valence-corrected chi connectivity index (χ3v) is 5.05. The first-order valence-electron chi connectivity index (χ1n) is 6.65. The van der Waals surface area contributed by atoms with E-state index in [9.17, 15) is 9.90 Å². The maximum Gasteiger partial charge on any atom is 0.343 e. The molecule has 1 N–H and O–H groups in total. The van der Waals surface area contributed by atoms with E-state index in [-0.39, 0.29) is 17.9 Å². The molecule has 2 aliphatic heterocycles. The van der Waals surface area contributed by atoms with Gasteiger partial charge in [0.25, 0.3) is 0 Å². The number of carbonyl (C=O) groups excluding carboxylic acids is 1. The fourth-order valence-corrected chi connectivity index (χ4v) is 3.46. The number of ether oxygens (including phenoxy) is 2. The minimum Gasteiger partial charge on any atom is -0.507 e. The third-order valence-electron chi connectivity index (χ3n) is 3.88. The van der Waals surface area contributed by atoms with Crippen LogP contribution in [-0.2, 0) is 14.3 Å². The van der Waals surface area contributed by atoms with Gasteiger partial charge >= 0.3 is 5.97 Å². The third kappa shape index (κ3) is 2.37. The summed E-state index contributed by atoms with van der Waals surface area (Å²) in [5, 5.41) is 10.9. The molecule has 1 unspecified atom stereocenters. The zero-order valence-corrected chi connectivity index (χ0v) is 13.8. The lowest BCUT2D eigenvalue weighted by molar-refractivity contribution is -0.158. The highest BCUT2D eigenvalue weighted by atomic mass is 79.9. The maximum atomic E-state index is 12.2. The summed E-state index contributed by atoms with van der Waals surface area (Å²) in [6, 6.07) is 3.48. The standard InChI is InChI=1S/C15H14BrClO4/c1-8-5-9(11(17)6-10(8)16)12-13(18)15(21-14(12)19)3-2-4-20-7-15/h5-6,18H,2-4,7H2,1H3. The lowest BCUT2D eigenvalue weighted by Gasteiger charge is -2.31. The van der Waals surface area contributed by atoms with E-state index in [0.29, 0.717) is 23.6 Å². The van der Waals surface area contributed by atoms with Crippen LogP contribution in [0.3, 0.4) is 0 Å². The number of aliphatic hydroxyl groups is 1. The lowest BCUT2D eigenvalue weighted by atomic mass is 9.91. The van der Waals surface area contributed by atoms with Gasteiger partial charge in [0.2, 0.25) is 0 Å². The van der Waals surface area contributed by atoms with Crippen molar-refractivity contribution < 1.29 is 19.4 Å². The van der Waals surface area contributed by atoms with Crippen molar-refractivity contribution in [3.63, 3.8) is 0 Å². The van der Waals surface area contributed by atoms with E-state index in [2.05, 4.69) is 15.9 Å². The van der Waals surface area contributed by atoms with Crippen LogP contribution in [0.15, 0.2) is 22.4 Å². The Morgan fingerprint density at radius 2 is 2.19 bits per heavy atom. The van der Waals surface area contributed by atoms with E-state index in [1.54, 1.807) is 12.1 Å². The molecular weight excluding hydrogens is 360 g/mol. The Hall–Kier alpha value is -1.04. The van der Waals surface area contributed by atoms with Crippen molar-refractivity contribution in [1.29, 1.82) is 0 Å². The number of carbonyl (C=O) groups is 1. The van der Waals surface area contributed by atoms with Gasteiger partial charge in [-0.3, -0.25) is 0 Å². The molecule has 0 saturated carbocycles. The largest absolute Gasteiger partial charge is 0.507 e. The van der Waals surface area contributed by atoms with Gasteiger partial charge in [-0.15, -0.1) is 0 Å². The summed E-state index contributed by atoms with van der Waals surface area (Å²) in [6.07, 6.45) is 1.29. The highest BCUT2D eigenvalue weighted by molar-refractivity contribution is 9.10. The number of hydrogen-bond donors (Lipinski definition) is 1. The Balaban J connectivity index is 2.12. The second kappa shape index (κ2) is 5.30. The molecule has 1 saturated heterocycles. The minimum absolute atomic E-state index is 0.0733. The van der Waals surface area contributed by atoms with Crippen LogP contribution in [0.5, 0.6) is 0 Å². The van der Waals surface area contributed by atoms with Crippen LogP contribution < -0.4 is 0 Å². The van der Waals surface area contributed by atoms with Crippen LogP contribution in [0, 0.1) is 6.92 Å². The van der Waals surface area contributed by atoms with Crippen molar-refractivity contribution in [3.8, 4) is 0 Å². The smallest absolute Gasteiger partial charge is 0.343 e. The molecule has 0 aromatic heterocycles. The molecule has 2 aliphatic rings. The van der Waals surface area contributed by atoms with Crippen LogP contribution in [0.2, 0.25) is 5.02 Å². The van der Waals surface area contributed by atoms with E-state index in [0.717, 1.165) is 16.5 Å². The summed E-state index contributed by atoms with van der Waals surface area (Å²) < 4.78 is 11.7. The predicted octanol–water partition coefficient (Wildman–Crippen LogP) is 3.79. The van der Waals surface area contributed by atoms with Gasteiger partial charge in [-0.1, -0.05) is 27.5 Å². The molecule has 1 fully saturated rings. The van der Waals surface area contributed by atoms with Crippen molar-refractivity contribution in [2.45, 2.75) is 25.4 Å². The van der Waals surface area contributed by atoms with Crippen LogP contribution in [0.4, 0.5) is 0 Å². The van der Waals surface area contributed by atoms with E-state index in [1.165, 1.54) is 0 Å². The second-order valence-electron chi connectivity index (χ2n) is 5.34. The summed E-state index contributed by atoms with van der Waals surface area (Å²) in [7, 11) is 0. The zero-order chi connectivity index (χ0) is 15.2. The highest BCUT2D eigenvalue weighted by Crippen LogP contribution is 2.43. The molecule has 6 heteroatoms. The first-order chi connectivity index (χ1) is 9.94. The normalized spacial score (nSPS) is 25.6. The summed E-state index contributed by atoms with van der Waals surface area (Å²) in [4.78, 5) is 12.2. The Morgan fingerprint density at radius 3 is 2.86 bits per heavy atom. The van der Waals surface area contributed by atoms with Crippen molar-refractivity contribution in [2.75, 3.05) is 13.2 Å². The van der Waals surface area contributed by atoms with Crippen molar-refractivity contribution >= 4 is 39.1 Å². The maximum absolute atomic E-state index is 12.2. The number of aliphatic hydroxyl groups excluding tert-OH is 1. The van der Waals surface area contributed by atoms with Gasteiger partial charge in [-0.25, -0.2) is 4.79 Å². The molecule has 3 rings (SSSR count). The molecule has 1 spiro atoms. The average Bonchev–Trinajstić information content (AvgIpc) is 2.67. The zero-order valence-electron chi connectivity index (χ0n) is 11.4. The van der Waals surface area contributed by atoms with Crippen LogP contribution in [-0.4, -0.2) is 29.9 Å². The van der Waals surface area contributed by atoms with Crippen LogP contribution in [0.1, 0.15) is 24.0 Å². The van der Waals surface area contributed by atoms with Gasteiger partial charge in [-0.05, 0) is 37.5 Å². The number of rotatable bonds is 1. The predicted molar refractivity (Wildman–Crippen MR) is 82.3 cm³/mol. The summed E-state index contributed by atoms with van der Waals surface area (Å²) in [6.45, 7) is 2.68. The summed E-state index contributed by atoms with van der Waals surface area (Å²) in [5.41, 5.74) is 0.501. The Bertz CT molecular complexity index is 647. The van der Waals surface area contributed by atoms with Crippen molar-refractivity contribution in [3.05, 3.63) is 38.5 Å². The van der Waals surface area contributed by atoms with Crippen molar-refractivity contribution in [2.24, 2.45) is 0 Å². The van der Waals surface area contributed by atoms with Crippen molar-refractivity contribution in [1.82, 2.24) is 0 Å². The average molecular weight is 374 g/mol. The molecule has 0 aliphatic carbocycles. The quantitative estimate of drug-likeness (QED) is 0.761. The Morgan fingerprint density at radius 1 is 1.43 bits per heavy atom. The molecule has 0 bridgehead atoms. The van der Waals surface area contributed by atoms with Crippen LogP contribution >= 0.6 is 27.5 Å². The molecule has 21 heavy (non-hydrogen) atoms. The SMILES string of the molecule is Cc1cc(C2=C(O)C3(CCCOC3)OC2=O)c(Cl)cc1Br. The first kappa shape index (κ1) is 14.9. The molecule has 0 amide bonds. The van der Waals surface area contributed by atoms with E-state index in [1.807, 2.05) is 6.92 Å². The second-order valence-corrected chi connectivity index (χ2v) is 6.61.